The average molecular weight is 261 g/mol. The first-order chi connectivity index (χ1) is 9.06. The molecule has 0 aliphatic heterocycles. The Morgan fingerprint density at radius 2 is 2.21 bits per heavy atom. The summed E-state index contributed by atoms with van der Waals surface area (Å²) in [6.07, 6.45) is 2.04. The van der Waals surface area contributed by atoms with Gasteiger partial charge >= 0.3 is 0 Å². The lowest BCUT2D eigenvalue weighted by atomic mass is 10.1. The standard InChI is InChI=1S/C14H19N3O2/c1-9(2)4-3-7-19-14-16-12-6-5-10(15)8-11(12)13(18)17-14/h5-6,8-9H,3-4,7,15H2,1-2H3,(H,16,17,18). The maximum atomic E-state index is 11.9. The van der Waals surface area contributed by atoms with Crippen LogP contribution in [0.3, 0.4) is 0 Å². The monoisotopic (exact) mass is 261 g/mol. The van der Waals surface area contributed by atoms with Crippen LogP contribution < -0.4 is 16.0 Å². The van der Waals surface area contributed by atoms with E-state index < -0.39 is 0 Å². The molecule has 0 radical (unpaired) electrons. The lowest BCUT2D eigenvalue weighted by Gasteiger charge is -2.07. The van der Waals surface area contributed by atoms with Crippen LogP contribution in [0.25, 0.3) is 10.9 Å². The van der Waals surface area contributed by atoms with Gasteiger partial charge in [-0.05, 0) is 37.0 Å². The summed E-state index contributed by atoms with van der Waals surface area (Å²) >= 11 is 0. The highest BCUT2D eigenvalue weighted by Gasteiger charge is 2.05. The Hall–Kier alpha value is -2.04. The molecule has 2 rings (SSSR count). The predicted octanol–water partition coefficient (Wildman–Crippen LogP) is 2.32. The first-order valence-corrected chi connectivity index (χ1v) is 6.48. The molecule has 1 aromatic carbocycles. The van der Waals surface area contributed by atoms with E-state index in [9.17, 15) is 4.79 Å². The van der Waals surface area contributed by atoms with E-state index >= 15 is 0 Å². The Bertz CT molecular complexity index is 620. The van der Waals surface area contributed by atoms with Gasteiger partial charge < -0.3 is 10.5 Å². The van der Waals surface area contributed by atoms with Gasteiger partial charge in [-0.25, -0.2) is 0 Å². The fourth-order valence-corrected chi connectivity index (χ4v) is 1.86. The van der Waals surface area contributed by atoms with Gasteiger partial charge in [0.25, 0.3) is 11.6 Å². The molecule has 1 aromatic heterocycles. The summed E-state index contributed by atoms with van der Waals surface area (Å²) < 4.78 is 5.48. The third kappa shape index (κ3) is 3.47. The molecule has 0 aliphatic carbocycles. The van der Waals surface area contributed by atoms with Gasteiger partial charge in [0.15, 0.2) is 0 Å². The number of nitrogens with zero attached hydrogens (tertiary/aromatic N) is 1. The summed E-state index contributed by atoms with van der Waals surface area (Å²) in [4.78, 5) is 18.7. The molecule has 0 saturated heterocycles. The van der Waals surface area contributed by atoms with Crippen molar-refractivity contribution in [1.82, 2.24) is 9.97 Å². The van der Waals surface area contributed by atoms with Crippen molar-refractivity contribution in [2.75, 3.05) is 12.3 Å². The Balaban J connectivity index is 2.13. The molecule has 0 saturated carbocycles. The molecule has 2 aromatic rings. The van der Waals surface area contributed by atoms with Crippen LogP contribution in [-0.4, -0.2) is 16.6 Å². The van der Waals surface area contributed by atoms with E-state index in [1.54, 1.807) is 18.2 Å². The number of fused-ring (bicyclic) bond motifs is 1. The zero-order chi connectivity index (χ0) is 13.8. The summed E-state index contributed by atoms with van der Waals surface area (Å²) in [5, 5.41) is 0.481. The average Bonchev–Trinajstić information content (AvgIpc) is 2.35. The number of aromatic nitrogens is 2. The van der Waals surface area contributed by atoms with Crippen LogP contribution in [-0.2, 0) is 0 Å². The van der Waals surface area contributed by atoms with Crippen molar-refractivity contribution >= 4 is 16.6 Å². The van der Waals surface area contributed by atoms with Gasteiger partial charge in [-0.3, -0.25) is 9.78 Å². The number of aromatic amines is 1. The van der Waals surface area contributed by atoms with Crippen LogP contribution in [0.2, 0.25) is 0 Å². The molecule has 0 spiro atoms. The molecular weight excluding hydrogens is 242 g/mol. The third-order valence-corrected chi connectivity index (χ3v) is 2.87. The van der Waals surface area contributed by atoms with Crippen molar-refractivity contribution in [3.05, 3.63) is 28.6 Å². The van der Waals surface area contributed by atoms with E-state index in [2.05, 4.69) is 23.8 Å². The van der Waals surface area contributed by atoms with Gasteiger partial charge in [0.05, 0.1) is 17.5 Å². The van der Waals surface area contributed by atoms with E-state index in [0.29, 0.717) is 29.1 Å². The number of ether oxygens (including phenoxy) is 1. The van der Waals surface area contributed by atoms with Crippen LogP contribution in [0.15, 0.2) is 23.0 Å². The zero-order valence-electron chi connectivity index (χ0n) is 11.3. The van der Waals surface area contributed by atoms with E-state index in [4.69, 9.17) is 10.5 Å². The van der Waals surface area contributed by atoms with Crippen LogP contribution in [0.1, 0.15) is 26.7 Å². The Morgan fingerprint density at radius 1 is 1.42 bits per heavy atom. The molecule has 1 heterocycles. The number of nitrogens with one attached hydrogen (secondary N) is 1. The highest BCUT2D eigenvalue weighted by Crippen LogP contribution is 2.14. The number of nitrogens with two attached hydrogens (primary N) is 1. The maximum Gasteiger partial charge on any atom is 0.297 e. The maximum absolute atomic E-state index is 11.9. The van der Waals surface area contributed by atoms with Gasteiger partial charge in [-0.15, -0.1) is 0 Å². The zero-order valence-corrected chi connectivity index (χ0v) is 11.3. The largest absolute Gasteiger partial charge is 0.465 e. The smallest absolute Gasteiger partial charge is 0.297 e. The van der Waals surface area contributed by atoms with E-state index in [-0.39, 0.29) is 11.6 Å². The molecule has 0 fully saturated rings. The topological polar surface area (TPSA) is 81.0 Å². The fraction of sp³-hybridized carbons (Fsp3) is 0.429. The highest BCUT2D eigenvalue weighted by molar-refractivity contribution is 5.81. The van der Waals surface area contributed by atoms with E-state index in [0.717, 1.165) is 12.8 Å². The molecule has 5 heteroatoms. The Labute approximate surface area is 111 Å². The number of H-pyrrole nitrogens is 1. The van der Waals surface area contributed by atoms with Crippen molar-refractivity contribution in [3.8, 4) is 6.01 Å². The molecule has 0 atom stereocenters. The summed E-state index contributed by atoms with van der Waals surface area (Å²) in [6.45, 7) is 4.89. The minimum Gasteiger partial charge on any atom is -0.465 e. The number of nitrogen functional groups attached to an aromatic ring is 1. The van der Waals surface area contributed by atoms with Crippen LogP contribution >= 0.6 is 0 Å². The van der Waals surface area contributed by atoms with Crippen LogP contribution in [0.5, 0.6) is 6.01 Å². The van der Waals surface area contributed by atoms with Crippen molar-refractivity contribution in [2.45, 2.75) is 26.7 Å². The highest BCUT2D eigenvalue weighted by atomic mass is 16.5. The van der Waals surface area contributed by atoms with Crippen LogP contribution in [0.4, 0.5) is 5.69 Å². The molecular formula is C14H19N3O2. The third-order valence-electron chi connectivity index (χ3n) is 2.87. The van der Waals surface area contributed by atoms with Gasteiger partial charge in [0.2, 0.25) is 0 Å². The normalized spacial score (nSPS) is 11.1. The van der Waals surface area contributed by atoms with Crippen molar-refractivity contribution in [3.63, 3.8) is 0 Å². The van der Waals surface area contributed by atoms with Crippen molar-refractivity contribution < 1.29 is 4.74 Å². The number of rotatable bonds is 5. The summed E-state index contributed by atoms with van der Waals surface area (Å²) in [5.41, 5.74) is 6.56. The van der Waals surface area contributed by atoms with Crippen molar-refractivity contribution in [2.24, 2.45) is 5.92 Å². The second-order valence-corrected chi connectivity index (χ2v) is 5.03. The second kappa shape index (κ2) is 5.73. The minimum absolute atomic E-state index is 0.226. The second-order valence-electron chi connectivity index (χ2n) is 5.03. The van der Waals surface area contributed by atoms with Gasteiger partial charge in [0, 0.05) is 5.69 Å². The molecule has 0 amide bonds. The molecule has 102 valence electrons. The lowest BCUT2D eigenvalue weighted by molar-refractivity contribution is 0.276. The van der Waals surface area contributed by atoms with Crippen LogP contribution in [0, 0.1) is 5.92 Å². The van der Waals surface area contributed by atoms with Crippen molar-refractivity contribution in [1.29, 1.82) is 0 Å². The molecule has 0 unspecified atom stereocenters. The Kier molecular flexibility index (Phi) is 4.04. The minimum atomic E-state index is -0.226. The number of hydrogen-bond donors (Lipinski definition) is 2. The summed E-state index contributed by atoms with van der Waals surface area (Å²) in [6, 6.07) is 5.33. The molecule has 0 bridgehead atoms. The lowest BCUT2D eigenvalue weighted by Crippen LogP contribution is -2.12. The molecule has 19 heavy (non-hydrogen) atoms. The summed E-state index contributed by atoms with van der Waals surface area (Å²) in [5.74, 6) is 0.648. The van der Waals surface area contributed by atoms with Gasteiger partial charge in [-0.1, -0.05) is 13.8 Å². The first kappa shape index (κ1) is 13.4. The van der Waals surface area contributed by atoms with Gasteiger partial charge in [0.1, 0.15) is 0 Å². The van der Waals surface area contributed by atoms with E-state index in [1.807, 2.05) is 0 Å². The van der Waals surface area contributed by atoms with E-state index in [1.165, 1.54) is 0 Å². The number of anilines is 1. The quantitative estimate of drug-likeness (QED) is 0.639. The number of benzene rings is 1. The van der Waals surface area contributed by atoms with Gasteiger partial charge in [-0.2, -0.15) is 4.98 Å². The number of hydrogen-bond acceptors (Lipinski definition) is 4. The predicted molar refractivity (Wildman–Crippen MR) is 76.3 cm³/mol. The molecule has 5 nitrogen and oxygen atoms in total. The molecule has 3 N–H and O–H groups in total. The summed E-state index contributed by atoms with van der Waals surface area (Å²) in [7, 11) is 0. The Morgan fingerprint density at radius 3 is 2.95 bits per heavy atom. The molecule has 0 aliphatic rings. The first-order valence-electron chi connectivity index (χ1n) is 6.48. The fourth-order valence-electron chi connectivity index (χ4n) is 1.86. The SMILES string of the molecule is CC(C)CCCOc1nc2ccc(N)cc2c(=O)[nH]1.